The van der Waals surface area contributed by atoms with Crippen molar-refractivity contribution in [2.45, 2.75) is 6.92 Å². The zero-order valence-corrected chi connectivity index (χ0v) is 10.00. The van der Waals surface area contributed by atoms with Gasteiger partial charge in [0.25, 0.3) is 0 Å². The zero-order valence-electron chi connectivity index (χ0n) is 9.18. The average Bonchev–Trinajstić information content (AvgIpc) is 2.74. The largest absolute Gasteiger partial charge is 0.288 e. The highest BCUT2D eigenvalue weighted by Gasteiger charge is 2.07. The Kier molecular flexibility index (Phi) is 3.44. The summed E-state index contributed by atoms with van der Waals surface area (Å²) in [4.78, 5) is 16.4. The van der Waals surface area contributed by atoms with Crippen molar-refractivity contribution in [3.8, 4) is 0 Å². The summed E-state index contributed by atoms with van der Waals surface area (Å²) in [5.41, 5.74) is 3.18. The number of rotatable bonds is 3. The smallest absolute Gasteiger partial charge is 0.197 e. The zero-order chi connectivity index (χ0) is 12.3. The molecule has 0 aliphatic heterocycles. The molecular formula is C13H10FNOS. The monoisotopic (exact) mass is 247 g/mol. The van der Waals surface area contributed by atoms with Crippen LogP contribution in [-0.4, -0.2) is 10.8 Å². The Balaban J connectivity index is 2.14. The van der Waals surface area contributed by atoms with Crippen molar-refractivity contribution in [3.63, 3.8) is 0 Å². The molecule has 0 aliphatic rings. The molecule has 1 aromatic heterocycles. The first-order valence-corrected chi connectivity index (χ1v) is 5.93. The maximum atomic E-state index is 12.7. The first kappa shape index (κ1) is 11.7. The molecule has 1 heterocycles. The number of aromatic nitrogens is 1. The van der Waals surface area contributed by atoms with Gasteiger partial charge in [-0.1, -0.05) is 18.2 Å². The first-order valence-electron chi connectivity index (χ1n) is 5.05. The molecule has 0 aliphatic carbocycles. The molecule has 0 bridgehead atoms. The van der Waals surface area contributed by atoms with Crippen molar-refractivity contribution in [2.24, 2.45) is 0 Å². The minimum atomic E-state index is -0.285. The van der Waals surface area contributed by atoms with E-state index in [1.165, 1.54) is 29.5 Å². The number of hydrogen-bond donors (Lipinski definition) is 0. The quantitative estimate of drug-likeness (QED) is 0.614. The maximum absolute atomic E-state index is 12.7. The molecule has 4 heteroatoms. The minimum absolute atomic E-state index is 0.0747. The van der Waals surface area contributed by atoms with E-state index in [0.717, 1.165) is 11.3 Å². The summed E-state index contributed by atoms with van der Waals surface area (Å²) in [6.07, 6.45) is 3.15. The molecule has 0 saturated heterocycles. The Hall–Kier alpha value is -1.81. The summed E-state index contributed by atoms with van der Waals surface area (Å²) in [5.74, 6) is -0.360. The minimum Gasteiger partial charge on any atom is -0.288 e. The number of aryl methyl sites for hydroxylation is 1. The molecule has 0 fully saturated rings. The number of carbonyl (C=O) groups is 1. The third-order valence-electron chi connectivity index (χ3n) is 2.27. The molecule has 0 N–H and O–H groups in total. The molecule has 0 saturated carbocycles. The fourth-order valence-corrected chi connectivity index (χ4v) is 2.08. The van der Waals surface area contributed by atoms with Crippen LogP contribution in [0, 0.1) is 12.7 Å². The first-order chi connectivity index (χ1) is 8.16. The SMILES string of the molecule is Cc1ncsc1C(=O)/C=C/c1ccc(F)cc1. The highest BCUT2D eigenvalue weighted by atomic mass is 32.1. The van der Waals surface area contributed by atoms with Crippen LogP contribution in [0.25, 0.3) is 6.08 Å². The highest BCUT2D eigenvalue weighted by molar-refractivity contribution is 7.12. The summed E-state index contributed by atoms with van der Waals surface area (Å²) < 4.78 is 12.7. The van der Waals surface area contributed by atoms with Crippen LogP contribution in [0.1, 0.15) is 20.9 Å². The fraction of sp³-hybridized carbons (Fsp3) is 0.0769. The van der Waals surface area contributed by atoms with Gasteiger partial charge < -0.3 is 0 Å². The second-order valence-corrected chi connectivity index (χ2v) is 4.37. The van der Waals surface area contributed by atoms with E-state index in [-0.39, 0.29) is 11.6 Å². The van der Waals surface area contributed by atoms with Crippen LogP contribution >= 0.6 is 11.3 Å². The van der Waals surface area contributed by atoms with Gasteiger partial charge in [-0.25, -0.2) is 9.37 Å². The van der Waals surface area contributed by atoms with Gasteiger partial charge in [-0.3, -0.25) is 4.79 Å². The Labute approximate surface area is 102 Å². The van der Waals surface area contributed by atoms with E-state index < -0.39 is 0 Å². The number of halogens is 1. The van der Waals surface area contributed by atoms with E-state index in [1.54, 1.807) is 30.6 Å². The van der Waals surface area contributed by atoms with Gasteiger partial charge in [-0.15, -0.1) is 11.3 Å². The highest BCUT2D eigenvalue weighted by Crippen LogP contribution is 2.14. The summed E-state index contributed by atoms with van der Waals surface area (Å²) in [5, 5.41) is 0. The Morgan fingerprint density at radius 2 is 2.06 bits per heavy atom. The topological polar surface area (TPSA) is 30.0 Å². The predicted molar refractivity (Wildman–Crippen MR) is 66.6 cm³/mol. The van der Waals surface area contributed by atoms with Crippen molar-refractivity contribution in [1.29, 1.82) is 0 Å². The van der Waals surface area contributed by atoms with Crippen LogP contribution < -0.4 is 0 Å². The van der Waals surface area contributed by atoms with Gasteiger partial charge in [-0.2, -0.15) is 0 Å². The van der Waals surface area contributed by atoms with Crippen LogP contribution in [0.2, 0.25) is 0 Å². The molecule has 17 heavy (non-hydrogen) atoms. The van der Waals surface area contributed by atoms with E-state index >= 15 is 0 Å². The molecule has 86 valence electrons. The summed E-state index contributed by atoms with van der Waals surface area (Å²) >= 11 is 1.32. The normalized spacial score (nSPS) is 10.9. The van der Waals surface area contributed by atoms with Crippen LogP contribution in [0.15, 0.2) is 35.9 Å². The summed E-state index contributed by atoms with van der Waals surface area (Å²) in [7, 11) is 0. The van der Waals surface area contributed by atoms with Crippen LogP contribution in [0.4, 0.5) is 4.39 Å². The van der Waals surface area contributed by atoms with Gasteiger partial charge in [0, 0.05) is 0 Å². The van der Waals surface area contributed by atoms with Crippen molar-refractivity contribution in [2.75, 3.05) is 0 Å². The number of carbonyl (C=O) groups excluding carboxylic acids is 1. The van der Waals surface area contributed by atoms with E-state index in [0.29, 0.717) is 4.88 Å². The Bertz CT molecular complexity index is 557. The van der Waals surface area contributed by atoms with Gasteiger partial charge in [0.2, 0.25) is 0 Å². The van der Waals surface area contributed by atoms with Gasteiger partial charge in [0.1, 0.15) is 5.82 Å². The van der Waals surface area contributed by atoms with Crippen LogP contribution in [0.3, 0.4) is 0 Å². The number of nitrogens with zero attached hydrogens (tertiary/aromatic N) is 1. The number of allylic oxidation sites excluding steroid dienone is 1. The van der Waals surface area contributed by atoms with E-state index in [1.807, 2.05) is 0 Å². The standard InChI is InChI=1S/C13H10FNOS/c1-9-13(17-8-15-9)12(16)7-4-10-2-5-11(14)6-3-10/h2-8H,1H3/b7-4+. The molecular weight excluding hydrogens is 237 g/mol. The molecule has 0 amide bonds. The molecule has 0 radical (unpaired) electrons. The number of ketones is 1. The lowest BCUT2D eigenvalue weighted by Gasteiger charge is -1.93. The molecule has 0 unspecified atom stereocenters. The van der Waals surface area contributed by atoms with Gasteiger partial charge in [0.15, 0.2) is 5.78 Å². The lowest BCUT2D eigenvalue weighted by atomic mass is 10.2. The molecule has 0 atom stereocenters. The van der Waals surface area contributed by atoms with Crippen LogP contribution in [-0.2, 0) is 0 Å². The van der Waals surface area contributed by atoms with Crippen LogP contribution in [0.5, 0.6) is 0 Å². The third-order valence-corrected chi connectivity index (χ3v) is 3.21. The van der Waals surface area contributed by atoms with Crippen molar-refractivity contribution < 1.29 is 9.18 Å². The maximum Gasteiger partial charge on any atom is 0.197 e. The lowest BCUT2D eigenvalue weighted by Crippen LogP contribution is -1.93. The number of thiazole rings is 1. The summed E-state index contributed by atoms with van der Waals surface area (Å²) in [6.45, 7) is 1.80. The van der Waals surface area contributed by atoms with Crippen molar-refractivity contribution in [1.82, 2.24) is 4.98 Å². The number of hydrogen-bond acceptors (Lipinski definition) is 3. The molecule has 2 nitrogen and oxygen atoms in total. The fourth-order valence-electron chi connectivity index (χ4n) is 1.36. The number of benzene rings is 1. The van der Waals surface area contributed by atoms with Gasteiger partial charge in [-0.05, 0) is 30.7 Å². The second-order valence-electron chi connectivity index (χ2n) is 3.52. The molecule has 2 aromatic rings. The van der Waals surface area contributed by atoms with Gasteiger partial charge in [0.05, 0.1) is 16.1 Å². The third kappa shape index (κ3) is 2.85. The Morgan fingerprint density at radius 3 is 2.65 bits per heavy atom. The Morgan fingerprint density at radius 1 is 1.35 bits per heavy atom. The van der Waals surface area contributed by atoms with E-state index in [2.05, 4.69) is 4.98 Å². The van der Waals surface area contributed by atoms with E-state index in [4.69, 9.17) is 0 Å². The molecule has 2 rings (SSSR count). The molecule has 0 spiro atoms. The van der Waals surface area contributed by atoms with Crippen molar-refractivity contribution in [3.05, 3.63) is 57.8 Å². The van der Waals surface area contributed by atoms with Gasteiger partial charge >= 0.3 is 0 Å². The average molecular weight is 247 g/mol. The molecule has 1 aromatic carbocycles. The van der Waals surface area contributed by atoms with Crippen molar-refractivity contribution >= 4 is 23.2 Å². The predicted octanol–water partition coefficient (Wildman–Crippen LogP) is 3.49. The summed E-state index contributed by atoms with van der Waals surface area (Å²) in [6, 6.07) is 5.97. The van der Waals surface area contributed by atoms with E-state index in [9.17, 15) is 9.18 Å². The second kappa shape index (κ2) is 5.01. The lowest BCUT2D eigenvalue weighted by molar-refractivity contribution is 0.105.